The molecule has 2 radical (unpaired) electrons. The zero-order valence-corrected chi connectivity index (χ0v) is 12.3. The van der Waals surface area contributed by atoms with E-state index >= 15 is 0 Å². The normalized spacial score (nSPS) is 12.0. The molecule has 0 amide bonds. The minimum Gasteiger partial charge on any atom is -0.384 e. The van der Waals surface area contributed by atoms with Crippen molar-refractivity contribution < 1.29 is 0 Å². The fraction of sp³-hybridized carbons (Fsp3) is 0.105. The summed E-state index contributed by atoms with van der Waals surface area (Å²) in [5, 5.41) is 0. The van der Waals surface area contributed by atoms with Gasteiger partial charge in [0.05, 0.1) is 0 Å². The summed E-state index contributed by atoms with van der Waals surface area (Å²) in [5.41, 5.74) is 9.83. The summed E-state index contributed by atoms with van der Waals surface area (Å²) in [7, 11) is 6.16. The van der Waals surface area contributed by atoms with Crippen molar-refractivity contribution in [3.05, 3.63) is 89.6 Å². The number of aromatic nitrogens is 1. The molecule has 2 N–H and O–H groups in total. The largest absolute Gasteiger partial charge is 0.384 e. The maximum Gasteiger partial charge on any atom is 0.123 e. The smallest absolute Gasteiger partial charge is 0.123 e. The van der Waals surface area contributed by atoms with Gasteiger partial charge in [0.2, 0.25) is 0 Å². The van der Waals surface area contributed by atoms with Gasteiger partial charge in [0, 0.05) is 11.6 Å². The van der Waals surface area contributed by atoms with E-state index in [1.807, 2.05) is 42.5 Å². The van der Waals surface area contributed by atoms with E-state index in [4.69, 9.17) is 13.6 Å². The van der Waals surface area contributed by atoms with Crippen LogP contribution in [0.2, 0.25) is 0 Å². The summed E-state index contributed by atoms with van der Waals surface area (Å²) in [5.74, 6) is 0.588. The highest BCUT2D eigenvalue weighted by Crippen LogP contribution is 2.26. The van der Waals surface area contributed by atoms with Crippen LogP contribution < -0.4 is 11.2 Å². The Labute approximate surface area is 132 Å². The molecule has 1 atom stereocenters. The molecular formula is C19H17BN2. The van der Waals surface area contributed by atoms with Crippen molar-refractivity contribution in [3.8, 4) is 0 Å². The van der Waals surface area contributed by atoms with Crippen molar-refractivity contribution in [2.45, 2.75) is 12.3 Å². The van der Waals surface area contributed by atoms with Crippen LogP contribution in [0, 0.1) is 0 Å². The highest BCUT2D eigenvalue weighted by Gasteiger charge is 2.18. The van der Waals surface area contributed by atoms with Crippen LogP contribution in [0.4, 0.5) is 5.82 Å². The van der Waals surface area contributed by atoms with Gasteiger partial charge >= 0.3 is 0 Å². The molecule has 0 aliphatic heterocycles. The van der Waals surface area contributed by atoms with Crippen LogP contribution in [0.25, 0.3) is 0 Å². The Morgan fingerprint density at radius 1 is 0.864 bits per heavy atom. The number of anilines is 1. The predicted octanol–water partition coefficient (Wildman–Crippen LogP) is 2.83. The first kappa shape index (κ1) is 14.4. The van der Waals surface area contributed by atoms with Crippen LogP contribution in [0.1, 0.15) is 22.7 Å². The molecule has 0 bridgehead atoms. The van der Waals surface area contributed by atoms with Crippen LogP contribution in [0.15, 0.2) is 72.8 Å². The second-order valence-electron chi connectivity index (χ2n) is 5.36. The first-order chi connectivity index (χ1) is 10.7. The topological polar surface area (TPSA) is 38.9 Å². The first-order valence-corrected chi connectivity index (χ1v) is 7.35. The standard InChI is InChI=1S/C19H17BN2/c20-17-11-12-18(21)22-19(17)16(15-9-5-2-6-10-15)13-14-7-3-1-4-8-14/h1-12,16H,13H2,(H2,21,22). The summed E-state index contributed by atoms with van der Waals surface area (Å²) < 4.78 is 0. The van der Waals surface area contributed by atoms with E-state index in [-0.39, 0.29) is 5.92 Å². The third-order valence-corrected chi connectivity index (χ3v) is 3.79. The minimum atomic E-state index is 0.0899. The van der Waals surface area contributed by atoms with Gasteiger partial charge in [-0.2, -0.15) is 0 Å². The molecule has 0 fully saturated rings. The highest BCUT2D eigenvalue weighted by molar-refractivity contribution is 6.33. The van der Waals surface area contributed by atoms with Crippen LogP contribution >= 0.6 is 0 Å². The van der Waals surface area contributed by atoms with E-state index in [9.17, 15) is 0 Å². The molecule has 0 saturated heterocycles. The van der Waals surface area contributed by atoms with Gasteiger partial charge in [-0.15, -0.1) is 0 Å². The molecule has 0 spiro atoms. The Morgan fingerprint density at radius 2 is 1.50 bits per heavy atom. The molecule has 3 rings (SSSR count). The van der Waals surface area contributed by atoms with Gasteiger partial charge in [-0.25, -0.2) is 4.98 Å². The van der Waals surface area contributed by atoms with Crippen molar-refractivity contribution in [1.29, 1.82) is 0 Å². The number of nitrogens with zero attached hydrogens (tertiary/aromatic N) is 1. The Bertz CT molecular complexity index is 742. The van der Waals surface area contributed by atoms with Gasteiger partial charge in [-0.3, -0.25) is 0 Å². The average molecular weight is 284 g/mol. The number of benzene rings is 2. The first-order valence-electron chi connectivity index (χ1n) is 7.35. The van der Waals surface area contributed by atoms with E-state index in [0.29, 0.717) is 11.3 Å². The summed E-state index contributed by atoms with van der Waals surface area (Å²) >= 11 is 0. The molecule has 1 unspecified atom stereocenters. The maximum absolute atomic E-state index is 6.16. The van der Waals surface area contributed by atoms with Crippen LogP contribution in [0.3, 0.4) is 0 Å². The zero-order chi connectivity index (χ0) is 15.4. The lowest BCUT2D eigenvalue weighted by Gasteiger charge is -2.20. The van der Waals surface area contributed by atoms with Crippen molar-refractivity contribution >= 4 is 19.1 Å². The van der Waals surface area contributed by atoms with Gasteiger partial charge in [-0.1, -0.05) is 72.2 Å². The zero-order valence-electron chi connectivity index (χ0n) is 12.3. The molecular weight excluding hydrogens is 267 g/mol. The van der Waals surface area contributed by atoms with Crippen molar-refractivity contribution in [2.24, 2.45) is 0 Å². The van der Waals surface area contributed by atoms with Gasteiger partial charge in [-0.05, 0) is 23.6 Å². The third kappa shape index (κ3) is 3.20. The highest BCUT2D eigenvalue weighted by atomic mass is 14.8. The van der Waals surface area contributed by atoms with E-state index in [1.165, 1.54) is 11.1 Å². The molecule has 1 aromatic heterocycles. The lowest BCUT2D eigenvalue weighted by molar-refractivity contribution is 0.781. The predicted molar refractivity (Wildman–Crippen MR) is 92.5 cm³/mol. The monoisotopic (exact) mass is 284 g/mol. The Balaban J connectivity index is 2.05. The van der Waals surface area contributed by atoms with Gasteiger partial charge in [0.25, 0.3) is 0 Å². The average Bonchev–Trinajstić information content (AvgIpc) is 2.57. The summed E-state index contributed by atoms with van der Waals surface area (Å²) in [6.07, 6.45) is 0.839. The van der Waals surface area contributed by atoms with Crippen molar-refractivity contribution in [1.82, 2.24) is 4.98 Å². The molecule has 0 aliphatic carbocycles. The molecule has 3 heteroatoms. The summed E-state index contributed by atoms with van der Waals surface area (Å²) in [6.45, 7) is 0. The SMILES string of the molecule is [B]c1ccc(N)nc1C(Cc1ccccc1)c1ccccc1. The fourth-order valence-corrected chi connectivity index (χ4v) is 2.69. The summed E-state index contributed by atoms with van der Waals surface area (Å²) in [6, 6.07) is 24.2. The Morgan fingerprint density at radius 3 is 2.18 bits per heavy atom. The molecule has 106 valence electrons. The molecule has 3 aromatic rings. The van der Waals surface area contributed by atoms with Gasteiger partial charge < -0.3 is 5.73 Å². The quantitative estimate of drug-likeness (QED) is 0.748. The van der Waals surface area contributed by atoms with E-state index < -0.39 is 0 Å². The second kappa shape index (κ2) is 6.48. The number of hydrogen-bond donors (Lipinski definition) is 1. The minimum absolute atomic E-state index is 0.0899. The van der Waals surface area contributed by atoms with E-state index in [2.05, 4.69) is 29.2 Å². The lowest BCUT2D eigenvalue weighted by Crippen LogP contribution is -2.20. The number of nitrogen functional groups attached to an aromatic ring is 1. The van der Waals surface area contributed by atoms with Crippen molar-refractivity contribution in [3.63, 3.8) is 0 Å². The van der Waals surface area contributed by atoms with Crippen LogP contribution in [-0.4, -0.2) is 12.8 Å². The van der Waals surface area contributed by atoms with Gasteiger partial charge in [0.1, 0.15) is 13.7 Å². The number of hydrogen-bond acceptors (Lipinski definition) is 2. The fourth-order valence-electron chi connectivity index (χ4n) is 2.69. The number of rotatable bonds is 4. The Kier molecular flexibility index (Phi) is 4.24. The molecule has 22 heavy (non-hydrogen) atoms. The molecule has 0 saturated carbocycles. The van der Waals surface area contributed by atoms with E-state index in [0.717, 1.165) is 12.1 Å². The number of nitrogens with two attached hydrogens (primary N) is 1. The van der Waals surface area contributed by atoms with Crippen molar-refractivity contribution in [2.75, 3.05) is 5.73 Å². The molecule has 2 aromatic carbocycles. The second-order valence-corrected chi connectivity index (χ2v) is 5.36. The van der Waals surface area contributed by atoms with Crippen LogP contribution in [-0.2, 0) is 6.42 Å². The third-order valence-electron chi connectivity index (χ3n) is 3.79. The van der Waals surface area contributed by atoms with Gasteiger partial charge in [0.15, 0.2) is 0 Å². The maximum atomic E-state index is 6.16. The molecule has 1 heterocycles. The van der Waals surface area contributed by atoms with Crippen LogP contribution in [0.5, 0.6) is 0 Å². The molecule has 0 aliphatic rings. The molecule has 2 nitrogen and oxygen atoms in total. The lowest BCUT2D eigenvalue weighted by atomic mass is 9.82. The Hall–Kier alpha value is -2.55. The summed E-state index contributed by atoms with van der Waals surface area (Å²) in [4.78, 5) is 4.50. The van der Waals surface area contributed by atoms with E-state index in [1.54, 1.807) is 6.07 Å². The number of pyridine rings is 1.